The van der Waals surface area contributed by atoms with E-state index in [4.69, 9.17) is 0 Å². The Morgan fingerprint density at radius 3 is 2.40 bits per heavy atom. The Balaban J connectivity index is 1.44. The van der Waals surface area contributed by atoms with Gasteiger partial charge in [0.05, 0.1) is 17.8 Å². The molecule has 0 radical (unpaired) electrons. The van der Waals surface area contributed by atoms with Crippen LogP contribution in [-0.4, -0.2) is 24.3 Å². The second-order valence-corrected chi connectivity index (χ2v) is 7.80. The predicted octanol–water partition coefficient (Wildman–Crippen LogP) is 4.23. The van der Waals surface area contributed by atoms with Crippen molar-refractivity contribution in [2.45, 2.75) is 6.42 Å². The summed E-state index contributed by atoms with van der Waals surface area (Å²) in [5.41, 5.74) is 3.22. The van der Waals surface area contributed by atoms with E-state index in [1.54, 1.807) is 42.5 Å². The third-order valence-electron chi connectivity index (χ3n) is 4.71. The number of nitrogens with zero attached hydrogens (tertiary/aromatic N) is 1. The molecule has 3 amide bonds. The van der Waals surface area contributed by atoms with Gasteiger partial charge in [-0.25, -0.2) is 0 Å². The number of benzene rings is 3. The van der Waals surface area contributed by atoms with Crippen molar-refractivity contribution in [1.82, 2.24) is 0 Å². The van der Waals surface area contributed by atoms with Crippen LogP contribution in [0.5, 0.6) is 0 Å². The fourth-order valence-electron chi connectivity index (χ4n) is 3.26. The zero-order valence-corrected chi connectivity index (χ0v) is 17.5. The van der Waals surface area contributed by atoms with Crippen LogP contribution in [0.1, 0.15) is 15.9 Å². The van der Waals surface area contributed by atoms with Crippen LogP contribution in [-0.2, 0) is 16.0 Å². The van der Waals surface area contributed by atoms with Crippen molar-refractivity contribution in [2.24, 2.45) is 0 Å². The highest BCUT2D eigenvalue weighted by atomic mass is 79.9. The van der Waals surface area contributed by atoms with E-state index in [-0.39, 0.29) is 30.7 Å². The quantitative estimate of drug-likeness (QED) is 0.607. The lowest BCUT2D eigenvalue weighted by Gasteiger charge is -2.29. The second kappa shape index (κ2) is 8.51. The van der Waals surface area contributed by atoms with E-state index < -0.39 is 0 Å². The summed E-state index contributed by atoms with van der Waals surface area (Å²) in [6.07, 6.45) is 0.258. The van der Waals surface area contributed by atoms with Gasteiger partial charge >= 0.3 is 0 Å². The SMILES string of the molecule is O=C(Cc1ccc(Br)cc1)Nc1ccc(C(=O)N2CC(=O)Nc3ccccc32)cc1. The molecule has 0 saturated heterocycles. The number of amides is 3. The van der Waals surface area contributed by atoms with Crippen LogP contribution in [0.2, 0.25) is 0 Å². The van der Waals surface area contributed by atoms with Gasteiger partial charge in [-0.3, -0.25) is 19.3 Å². The molecule has 1 aliphatic rings. The Labute approximate surface area is 182 Å². The van der Waals surface area contributed by atoms with Gasteiger partial charge < -0.3 is 10.6 Å². The number of fused-ring (bicyclic) bond motifs is 1. The summed E-state index contributed by atoms with van der Waals surface area (Å²) < 4.78 is 0.959. The molecule has 7 heteroatoms. The molecule has 3 aromatic carbocycles. The fraction of sp³-hybridized carbons (Fsp3) is 0.0870. The summed E-state index contributed by atoms with van der Waals surface area (Å²) in [4.78, 5) is 38.6. The molecule has 0 atom stereocenters. The molecule has 6 nitrogen and oxygen atoms in total. The van der Waals surface area contributed by atoms with Crippen molar-refractivity contribution >= 4 is 50.7 Å². The average molecular weight is 464 g/mol. The number of para-hydroxylation sites is 2. The van der Waals surface area contributed by atoms with Gasteiger partial charge in [0.2, 0.25) is 11.8 Å². The van der Waals surface area contributed by atoms with Crippen molar-refractivity contribution in [3.63, 3.8) is 0 Å². The molecule has 2 N–H and O–H groups in total. The molecule has 1 aliphatic heterocycles. The maximum absolute atomic E-state index is 13.0. The van der Waals surface area contributed by atoms with Crippen LogP contribution in [0.25, 0.3) is 0 Å². The first-order valence-electron chi connectivity index (χ1n) is 9.35. The molecular formula is C23H18BrN3O3. The lowest BCUT2D eigenvalue weighted by atomic mass is 10.1. The van der Waals surface area contributed by atoms with Gasteiger partial charge in [-0.1, -0.05) is 40.2 Å². The van der Waals surface area contributed by atoms with Gasteiger partial charge in [-0.2, -0.15) is 0 Å². The zero-order valence-electron chi connectivity index (χ0n) is 15.9. The van der Waals surface area contributed by atoms with Gasteiger partial charge in [0.1, 0.15) is 6.54 Å². The molecule has 150 valence electrons. The molecule has 1 heterocycles. The number of rotatable bonds is 4. The highest BCUT2D eigenvalue weighted by molar-refractivity contribution is 9.10. The Kier molecular flexibility index (Phi) is 5.63. The molecule has 0 saturated carbocycles. The van der Waals surface area contributed by atoms with E-state index in [0.717, 1.165) is 10.0 Å². The number of anilines is 3. The zero-order chi connectivity index (χ0) is 21.1. The lowest BCUT2D eigenvalue weighted by Crippen LogP contribution is -2.42. The molecule has 4 rings (SSSR count). The molecule has 0 aromatic heterocycles. The molecule has 30 heavy (non-hydrogen) atoms. The molecule has 0 aliphatic carbocycles. The van der Waals surface area contributed by atoms with E-state index in [0.29, 0.717) is 22.6 Å². The highest BCUT2D eigenvalue weighted by Gasteiger charge is 2.27. The number of halogens is 1. The number of nitrogens with one attached hydrogen (secondary N) is 2. The summed E-state index contributed by atoms with van der Waals surface area (Å²) in [6, 6.07) is 21.4. The van der Waals surface area contributed by atoms with Crippen molar-refractivity contribution < 1.29 is 14.4 Å². The maximum Gasteiger partial charge on any atom is 0.258 e. The third-order valence-corrected chi connectivity index (χ3v) is 5.24. The Hall–Kier alpha value is -3.45. The van der Waals surface area contributed by atoms with Crippen LogP contribution >= 0.6 is 15.9 Å². The van der Waals surface area contributed by atoms with Gasteiger partial charge in [-0.15, -0.1) is 0 Å². The van der Waals surface area contributed by atoms with Gasteiger partial charge in [0.25, 0.3) is 5.91 Å². The van der Waals surface area contributed by atoms with E-state index in [2.05, 4.69) is 26.6 Å². The van der Waals surface area contributed by atoms with Gasteiger partial charge in [0.15, 0.2) is 0 Å². The molecule has 0 unspecified atom stereocenters. The van der Waals surface area contributed by atoms with E-state index in [9.17, 15) is 14.4 Å². The normalized spacial score (nSPS) is 12.7. The summed E-state index contributed by atoms with van der Waals surface area (Å²) in [5, 5.41) is 5.60. The number of carbonyl (C=O) groups excluding carboxylic acids is 3. The summed E-state index contributed by atoms with van der Waals surface area (Å²) in [6.45, 7) is -0.0402. The van der Waals surface area contributed by atoms with E-state index >= 15 is 0 Å². The number of hydrogen-bond donors (Lipinski definition) is 2. The predicted molar refractivity (Wildman–Crippen MR) is 120 cm³/mol. The van der Waals surface area contributed by atoms with Gasteiger partial charge in [0, 0.05) is 15.7 Å². The van der Waals surface area contributed by atoms with Crippen LogP contribution in [0.4, 0.5) is 17.1 Å². The topological polar surface area (TPSA) is 78.5 Å². The van der Waals surface area contributed by atoms with Gasteiger partial charge in [-0.05, 0) is 54.1 Å². The average Bonchev–Trinajstić information content (AvgIpc) is 2.75. The minimum atomic E-state index is -0.273. The molecule has 0 bridgehead atoms. The first-order valence-corrected chi connectivity index (χ1v) is 10.1. The molecule has 0 spiro atoms. The van der Waals surface area contributed by atoms with Crippen LogP contribution in [0, 0.1) is 0 Å². The van der Waals surface area contributed by atoms with Crippen molar-refractivity contribution in [1.29, 1.82) is 0 Å². The second-order valence-electron chi connectivity index (χ2n) is 6.89. The Morgan fingerprint density at radius 1 is 0.967 bits per heavy atom. The summed E-state index contributed by atoms with van der Waals surface area (Å²) in [5.74, 6) is -0.651. The lowest BCUT2D eigenvalue weighted by molar-refractivity contribution is -0.116. The standard InChI is InChI=1S/C23H18BrN3O3/c24-17-9-5-15(6-10-17)13-21(28)25-18-11-7-16(8-12-18)23(30)27-14-22(29)26-19-3-1-2-4-20(19)27/h1-12H,13-14H2,(H,25,28)(H,26,29). The number of hydrogen-bond acceptors (Lipinski definition) is 3. The highest BCUT2D eigenvalue weighted by Crippen LogP contribution is 2.30. The third kappa shape index (κ3) is 4.41. The van der Waals surface area contributed by atoms with E-state index in [1.807, 2.05) is 30.3 Å². The van der Waals surface area contributed by atoms with Crippen molar-refractivity contribution in [2.75, 3.05) is 22.1 Å². The van der Waals surface area contributed by atoms with Crippen molar-refractivity contribution in [3.05, 3.63) is 88.4 Å². The summed E-state index contributed by atoms with van der Waals surface area (Å²) >= 11 is 3.37. The largest absolute Gasteiger partial charge is 0.326 e. The fourth-order valence-corrected chi connectivity index (χ4v) is 3.52. The summed E-state index contributed by atoms with van der Waals surface area (Å²) in [7, 11) is 0. The Morgan fingerprint density at radius 2 is 1.67 bits per heavy atom. The maximum atomic E-state index is 13.0. The van der Waals surface area contributed by atoms with Crippen LogP contribution < -0.4 is 15.5 Å². The molecular weight excluding hydrogens is 446 g/mol. The monoisotopic (exact) mass is 463 g/mol. The van der Waals surface area contributed by atoms with Crippen LogP contribution in [0.3, 0.4) is 0 Å². The molecule has 0 fully saturated rings. The molecule has 3 aromatic rings. The van der Waals surface area contributed by atoms with Crippen molar-refractivity contribution in [3.8, 4) is 0 Å². The van der Waals surface area contributed by atoms with E-state index in [1.165, 1.54) is 4.90 Å². The smallest absolute Gasteiger partial charge is 0.258 e. The number of carbonyl (C=O) groups is 3. The first-order chi connectivity index (χ1) is 14.5. The minimum Gasteiger partial charge on any atom is -0.326 e. The Bertz CT molecular complexity index is 1110. The minimum absolute atomic E-state index is 0.0402. The van der Waals surface area contributed by atoms with Crippen LogP contribution in [0.15, 0.2) is 77.3 Å². The first kappa shape index (κ1) is 19.8.